The Morgan fingerprint density at radius 1 is 1.80 bits per heavy atom. The summed E-state index contributed by atoms with van der Waals surface area (Å²) in [6.07, 6.45) is 2.77. The summed E-state index contributed by atoms with van der Waals surface area (Å²) in [6.45, 7) is 2.08. The van der Waals surface area contributed by atoms with Gasteiger partial charge < -0.3 is 0 Å². The van der Waals surface area contributed by atoms with E-state index in [1.165, 1.54) is 0 Å². The topological polar surface area (TPSA) is 12.4 Å². The highest BCUT2D eigenvalue weighted by Gasteiger charge is 2.10. The molecule has 0 fully saturated rings. The lowest BCUT2D eigenvalue weighted by molar-refractivity contribution is 0.774. The standard InChI is InChI=1S/C7H9Cl2N/c1-5-2-6(9)7(3-8)10-4-5/h4-5H,2-3H2,1H3. The van der Waals surface area contributed by atoms with Gasteiger partial charge in [-0.3, -0.25) is 4.99 Å². The molecule has 0 spiro atoms. The lowest BCUT2D eigenvalue weighted by Crippen LogP contribution is -2.04. The van der Waals surface area contributed by atoms with Crippen LogP contribution >= 0.6 is 23.2 Å². The second-order valence-corrected chi connectivity index (χ2v) is 3.17. The number of hydrogen-bond donors (Lipinski definition) is 0. The van der Waals surface area contributed by atoms with Crippen molar-refractivity contribution in [3.05, 3.63) is 10.7 Å². The zero-order valence-corrected chi connectivity index (χ0v) is 7.28. The largest absolute Gasteiger partial charge is 0.263 e. The minimum absolute atomic E-state index is 0.419. The van der Waals surface area contributed by atoms with Crippen LogP contribution in [0.15, 0.2) is 15.7 Å². The van der Waals surface area contributed by atoms with Crippen LogP contribution in [0.2, 0.25) is 0 Å². The van der Waals surface area contributed by atoms with Gasteiger partial charge in [0.2, 0.25) is 0 Å². The lowest BCUT2D eigenvalue weighted by Gasteiger charge is -2.12. The Morgan fingerprint density at radius 3 is 3.00 bits per heavy atom. The molecular formula is C7H9Cl2N. The fourth-order valence-corrected chi connectivity index (χ4v) is 1.51. The third-order valence-corrected chi connectivity index (χ3v) is 2.05. The van der Waals surface area contributed by atoms with Gasteiger partial charge in [-0.2, -0.15) is 0 Å². The molecule has 0 aliphatic carbocycles. The van der Waals surface area contributed by atoms with E-state index in [0.29, 0.717) is 11.8 Å². The van der Waals surface area contributed by atoms with Crippen LogP contribution in [0.25, 0.3) is 0 Å². The summed E-state index contributed by atoms with van der Waals surface area (Å²) in [5, 5.41) is 0.810. The van der Waals surface area contributed by atoms with E-state index in [1.807, 2.05) is 6.21 Å². The first-order chi connectivity index (χ1) is 4.74. The normalized spacial score (nSPS) is 25.7. The van der Waals surface area contributed by atoms with Crippen molar-refractivity contribution in [3.8, 4) is 0 Å². The molecule has 1 atom stereocenters. The summed E-state index contributed by atoms with van der Waals surface area (Å²) in [4.78, 5) is 4.10. The molecule has 0 amide bonds. The van der Waals surface area contributed by atoms with Crippen molar-refractivity contribution in [1.29, 1.82) is 0 Å². The Labute approximate surface area is 70.7 Å². The molecule has 0 N–H and O–H groups in total. The summed E-state index contributed by atoms with van der Waals surface area (Å²) in [5.74, 6) is 0.877. The van der Waals surface area contributed by atoms with Crippen LogP contribution in [0.3, 0.4) is 0 Å². The monoisotopic (exact) mass is 177 g/mol. The van der Waals surface area contributed by atoms with E-state index >= 15 is 0 Å². The molecule has 0 aromatic heterocycles. The molecular weight excluding hydrogens is 169 g/mol. The van der Waals surface area contributed by atoms with Gasteiger partial charge in [0.1, 0.15) is 0 Å². The Balaban J connectivity index is 2.73. The number of alkyl halides is 1. The van der Waals surface area contributed by atoms with Gasteiger partial charge in [-0.05, 0) is 12.3 Å². The zero-order chi connectivity index (χ0) is 7.56. The number of aliphatic imine (C=N–C) groups is 1. The molecule has 1 aliphatic rings. The maximum atomic E-state index is 5.86. The van der Waals surface area contributed by atoms with Crippen LogP contribution < -0.4 is 0 Å². The van der Waals surface area contributed by atoms with Gasteiger partial charge in [-0.1, -0.05) is 18.5 Å². The fourth-order valence-electron chi connectivity index (χ4n) is 0.847. The SMILES string of the molecule is CC1C=NC(CCl)=C(Cl)C1. The van der Waals surface area contributed by atoms with Crippen LogP contribution in [0.5, 0.6) is 0 Å². The summed E-state index contributed by atoms with van der Waals surface area (Å²) in [7, 11) is 0. The molecule has 0 bridgehead atoms. The van der Waals surface area contributed by atoms with Crippen LogP contribution in [0, 0.1) is 5.92 Å². The molecule has 1 unspecified atom stereocenters. The lowest BCUT2D eigenvalue weighted by atomic mass is 10.1. The summed E-state index contributed by atoms with van der Waals surface area (Å²) < 4.78 is 0. The summed E-state index contributed by atoms with van der Waals surface area (Å²) in [5.41, 5.74) is 0.821. The van der Waals surface area contributed by atoms with Crippen molar-refractivity contribution in [1.82, 2.24) is 0 Å². The second kappa shape index (κ2) is 3.40. The molecule has 0 saturated carbocycles. The summed E-state index contributed by atoms with van der Waals surface area (Å²) >= 11 is 11.4. The van der Waals surface area contributed by atoms with Gasteiger partial charge in [-0.15, -0.1) is 11.6 Å². The Morgan fingerprint density at radius 2 is 2.50 bits per heavy atom. The van der Waals surface area contributed by atoms with E-state index in [-0.39, 0.29) is 0 Å². The number of allylic oxidation sites excluding steroid dienone is 2. The van der Waals surface area contributed by atoms with E-state index in [4.69, 9.17) is 23.2 Å². The van der Waals surface area contributed by atoms with Crippen LogP contribution in [-0.4, -0.2) is 12.1 Å². The maximum Gasteiger partial charge on any atom is 0.0692 e. The first-order valence-corrected chi connectivity index (χ1v) is 4.13. The molecule has 1 nitrogen and oxygen atoms in total. The quantitative estimate of drug-likeness (QED) is 0.547. The van der Waals surface area contributed by atoms with E-state index in [1.54, 1.807) is 0 Å². The van der Waals surface area contributed by atoms with E-state index in [0.717, 1.165) is 17.2 Å². The number of halogens is 2. The first kappa shape index (κ1) is 8.09. The minimum atomic E-state index is 0.419. The zero-order valence-electron chi connectivity index (χ0n) is 5.77. The molecule has 1 heterocycles. The molecule has 0 saturated heterocycles. The van der Waals surface area contributed by atoms with Crippen molar-refractivity contribution >= 4 is 29.4 Å². The van der Waals surface area contributed by atoms with Gasteiger partial charge in [0, 0.05) is 11.2 Å². The van der Waals surface area contributed by atoms with Crippen molar-refractivity contribution < 1.29 is 0 Å². The maximum absolute atomic E-state index is 5.86. The highest BCUT2D eigenvalue weighted by Crippen LogP contribution is 2.24. The fraction of sp³-hybridized carbons (Fsp3) is 0.571. The molecule has 0 aromatic carbocycles. The smallest absolute Gasteiger partial charge is 0.0692 e. The van der Waals surface area contributed by atoms with E-state index < -0.39 is 0 Å². The second-order valence-electron chi connectivity index (χ2n) is 2.44. The minimum Gasteiger partial charge on any atom is -0.263 e. The van der Waals surface area contributed by atoms with Crippen LogP contribution in [0.4, 0.5) is 0 Å². The van der Waals surface area contributed by atoms with Crippen LogP contribution in [0.1, 0.15) is 13.3 Å². The Kier molecular flexibility index (Phi) is 2.75. The van der Waals surface area contributed by atoms with Gasteiger partial charge >= 0.3 is 0 Å². The highest BCUT2D eigenvalue weighted by molar-refractivity contribution is 6.31. The van der Waals surface area contributed by atoms with Crippen molar-refractivity contribution in [3.63, 3.8) is 0 Å². The highest BCUT2D eigenvalue weighted by atomic mass is 35.5. The number of hydrogen-bond acceptors (Lipinski definition) is 1. The number of nitrogens with zero attached hydrogens (tertiary/aromatic N) is 1. The molecule has 0 radical (unpaired) electrons. The van der Waals surface area contributed by atoms with Crippen LogP contribution in [-0.2, 0) is 0 Å². The average Bonchev–Trinajstić information content (AvgIpc) is 1.88. The van der Waals surface area contributed by atoms with Crippen molar-refractivity contribution in [2.45, 2.75) is 13.3 Å². The Bertz CT molecular complexity index is 184. The molecule has 0 aromatic rings. The van der Waals surface area contributed by atoms with Gasteiger partial charge in [0.15, 0.2) is 0 Å². The predicted octanol–water partition coefficient (Wildman–Crippen LogP) is 2.79. The third kappa shape index (κ3) is 1.74. The molecule has 10 heavy (non-hydrogen) atoms. The van der Waals surface area contributed by atoms with Crippen molar-refractivity contribution in [2.75, 3.05) is 5.88 Å². The van der Waals surface area contributed by atoms with Gasteiger partial charge in [0.25, 0.3) is 0 Å². The molecule has 1 rings (SSSR count). The van der Waals surface area contributed by atoms with Gasteiger partial charge in [-0.25, -0.2) is 0 Å². The van der Waals surface area contributed by atoms with Gasteiger partial charge in [0.05, 0.1) is 11.6 Å². The van der Waals surface area contributed by atoms with Crippen molar-refractivity contribution in [2.24, 2.45) is 10.9 Å². The molecule has 3 heteroatoms. The third-order valence-electron chi connectivity index (χ3n) is 1.43. The Hall–Kier alpha value is -0.0100. The molecule has 1 aliphatic heterocycles. The predicted molar refractivity (Wildman–Crippen MR) is 45.9 cm³/mol. The first-order valence-electron chi connectivity index (χ1n) is 3.21. The van der Waals surface area contributed by atoms with E-state index in [9.17, 15) is 0 Å². The van der Waals surface area contributed by atoms with E-state index in [2.05, 4.69) is 11.9 Å². The summed E-state index contributed by atoms with van der Waals surface area (Å²) in [6, 6.07) is 0. The number of rotatable bonds is 1. The molecule has 56 valence electrons. The average molecular weight is 178 g/mol.